The van der Waals surface area contributed by atoms with Gasteiger partial charge in [0.05, 0.1) is 5.92 Å². The van der Waals surface area contributed by atoms with Crippen LogP contribution in [0.25, 0.3) is 0 Å². The zero-order valence-corrected chi connectivity index (χ0v) is 7.90. The SMILES string of the molecule is O=C1CCCC1C(=O)CCC[N+](=O)[O-]. The Bertz CT molecular complexity index is 262. The summed E-state index contributed by atoms with van der Waals surface area (Å²) in [5, 5.41) is 9.99. The Kier molecular flexibility index (Phi) is 3.73. The molecule has 0 radical (unpaired) electrons. The van der Waals surface area contributed by atoms with Crippen molar-refractivity contribution in [1.29, 1.82) is 0 Å². The van der Waals surface area contributed by atoms with Crippen LogP contribution in [0.2, 0.25) is 0 Å². The molecule has 0 saturated heterocycles. The van der Waals surface area contributed by atoms with Crippen LogP contribution in [0.3, 0.4) is 0 Å². The molecular weight excluding hydrogens is 186 g/mol. The van der Waals surface area contributed by atoms with Crippen LogP contribution in [0, 0.1) is 16.0 Å². The maximum atomic E-state index is 11.4. The molecule has 1 aliphatic carbocycles. The Balaban J connectivity index is 2.27. The fraction of sp³-hybridized carbons (Fsp3) is 0.778. The molecule has 1 saturated carbocycles. The standard InChI is InChI=1S/C9H13NO4/c11-8-4-1-3-7(8)9(12)5-2-6-10(13)14/h7H,1-6H2. The van der Waals surface area contributed by atoms with Crippen LogP contribution >= 0.6 is 0 Å². The largest absolute Gasteiger partial charge is 0.299 e. The van der Waals surface area contributed by atoms with E-state index >= 15 is 0 Å². The first-order chi connectivity index (χ1) is 6.61. The molecule has 0 spiro atoms. The van der Waals surface area contributed by atoms with Gasteiger partial charge in [-0.25, -0.2) is 0 Å². The van der Waals surface area contributed by atoms with Crippen molar-refractivity contribution in [3.8, 4) is 0 Å². The maximum Gasteiger partial charge on any atom is 0.204 e. The number of hydrogen-bond donors (Lipinski definition) is 0. The predicted molar refractivity (Wildman–Crippen MR) is 48.5 cm³/mol. The molecule has 5 heteroatoms. The predicted octanol–water partition coefficient (Wildman–Crippen LogP) is 0.982. The summed E-state index contributed by atoms with van der Waals surface area (Å²) in [5.74, 6) is -0.563. The van der Waals surface area contributed by atoms with Crippen molar-refractivity contribution in [2.75, 3.05) is 6.54 Å². The number of rotatable bonds is 5. The van der Waals surface area contributed by atoms with Crippen LogP contribution in [0.4, 0.5) is 0 Å². The minimum Gasteiger partial charge on any atom is -0.299 e. The van der Waals surface area contributed by atoms with E-state index in [0.717, 1.165) is 6.42 Å². The molecule has 0 aliphatic heterocycles. The minimum absolute atomic E-state index is 0.0103. The molecule has 1 aliphatic rings. The number of carbonyl (C=O) groups excluding carboxylic acids is 2. The summed E-state index contributed by atoms with van der Waals surface area (Å²) < 4.78 is 0. The highest BCUT2D eigenvalue weighted by molar-refractivity contribution is 6.03. The number of carbonyl (C=O) groups is 2. The molecule has 1 atom stereocenters. The lowest BCUT2D eigenvalue weighted by molar-refractivity contribution is -0.480. The summed E-state index contributed by atoms with van der Waals surface area (Å²) in [6.07, 6.45) is 2.32. The molecule has 0 aromatic carbocycles. The first-order valence-electron chi connectivity index (χ1n) is 4.78. The van der Waals surface area contributed by atoms with Gasteiger partial charge < -0.3 is 0 Å². The number of nitro groups is 1. The molecule has 1 unspecified atom stereocenters. The molecule has 0 aromatic heterocycles. The number of ketones is 2. The van der Waals surface area contributed by atoms with E-state index in [1.165, 1.54) is 0 Å². The third-order valence-electron chi connectivity index (χ3n) is 2.46. The Labute approximate surface area is 81.6 Å². The van der Waals surface area contributed by atoms with Crippen molar-refractivity contribution >= 4 is 11.6 Å². The van der Waals surface area contributed by atoms with Crippen molar-refractivity contribution in [1.82, 2.24) is 0 Å². The second-order valence-corrected chi connectivity index (χ2v) is 3.54. The van der Waals surface area contributed by atoms with Gasteiger partial charge in [-0.15, -0.1) is 0 Å². The highest BCUT2D eigenvalue weighted by Crippen LogP contribution is 2.23. The van der Waals surface area contributed by atoms with E-state index in [9.17, 15) is 19.7 Å². The van der Waals surface area contributed by atoms with Gasteiger partial charge in [0, 0.05) is 24.2 Å². The van der Waals surface area contributed by atoms with E-state index in [2.05, 4.69) is 0 Å². The Morgan fingerprint density at radius 2 is 2.29 bits per heavy atom. The lowest BCUT2D eigenvalue weighted by Crippen LogP contribution is -2.19. The molecule has 0 amide bonds. The molecule has 0 heterocycles. The van der Waals surface area contributed by atoms with Gasteiger partial charge in [-0.3, -0.25) is 19.7 Å². The minimum atomic E-state index is -0.457. The average Bonchev–Trinajstić information content (AvgIpc) is 2.50. The van der Waals surface area contributed by atoms with Gasteiger partial charge in [0.15, 0.2) is 0 Å². The van der Waals surface area contributed by atoms with Crippen molar-refractivity contribution in [2.24, 2.45) is 5.92 Å². The van der Waals surface area contributed by atoms with Crippen LogP contribution in [0.1, 0.15) is 32.1 Å². The van der Waals surface area contributed by atoms with Gasteiger partial charge in [-0.05, 0) is 12.8 Å². The van der Waals surface area contributed by atoms with E-state index in [-0.39, 0.29) is 31.0 Å². The highest BCUT2D eigenvalue weighted by Gasteiger charge is 2.30. The van der Waals surface area contributed by atoms with E-state index in [0.29, 0.717) is 12.8 Å². The quantitative estimate of drug-likeness (QED) is 0.375. The van der Waals surface area contributed by atoms with Gasteiger partial charge in [0.1, 0.15) is 11.6 Å². The molecule has 0 bridgehead atoms. The lowest BCUT2D eigenvalue weighted by Gasteiger charge is -2.04. The van der Waals surface area contributed by atoms with Gasteiger partial charge in [-0.1, -0.05) is 0 Å². The summed E-state index contributed by atoms with van der Waals surface area (Å²) in [4.78, 5) is 32.1. The maximum absolute atomic E-state index is 11.4. The Morgan fingerprint density at radius 1 is 1.57 bits per heavy atom. The van der Waals surface area contributed by atoms with Crippen molar-refractivity contribution < 1.29 is 14.5 Å². The number of Topliss-reactive ketones (excluding diaryl/α,β-unsaturated/α-hetero) is 2. The van der Waals surface area contributed by atoms with Crippen LogP contribution in [-0.2, 0) is 9.59 Å². The molecule has 1 fully saturated rings. The van der Waals surface area contributed by atoms with Gasteiger partial charge >= 0.3 is 0 Å². The third-order valence-corrected chi connectivity index (χ3v) is 2.46. The zero-order chi connectivity index (χ0) is 10.6. The molecular formula is C9H13NO4. The van der Waals surface area contributed by atoms with Crippen LogP contribution < -0.4 is 0 Å². The molecule has 1 rings (SSSR count). The third kappa shape index (κ3) is 2.90. The Hall–Kier alpha value is -1.26. The van der Waals surface area contributed by atoms with E-state index in [4.69, 9.17) is 0 Å². The summed E-state index contributed by atoms with van der Waals surface area (Å²) in [6.45, 7) is -0.188. The van der Waals surface area contributed by atoms with Crippen LogP contribution in [0.15, 0.2) is 0 Å². The summed E-state index contributed by atoms with van der Waals surface area (Å²) in [6, 6.07) is 0. The first kappa shape index (κ1) is 10.8. The summed E-state index contributed by atoms with van der Waals surface area (Å²) in [5.41, 5.74) is 0. The first-order valence-corrected chi connectivity index (χ1v) is 4.78. The summed E-state index contributed by atoms with van der Waals surface area (Å²) in [7, 11) is 0. The molecule has 0 aromatic rings. The van der Waals surface area contributed by atoms with Crippen LogP contribution in [0.5, 0.6) is 0 Å². The fourth-order valence-electron chi connectivity index (χ4n) is 1.71. The molecule has 78 valence electrons. The number of hydrogen-bond acceptors (Lipinski definition) is 4. The zero-order valence-electron chi connectivity index (χ0n) is 7.90. The topological polar surface area (TPSA) is 77.3 Å². The van der Waals surface area contributed by atoms with Crippen molar-refractivity contribution in [3.05, 3.63) is 10.1 Å². The van der Waals surface area contributed by atoms with Crippen LogP contribution in [-0.4, -0.2) is 23.0 Å². The highest BCUT2D eigenvalue weighted by atomic mass is 16.6. The fourth-order valence-corrected chi connectivity index (χ4v) is 1.71. The normalized spacial score (nSPS) is 21.1. The molecule has 5 nitrogen and oxygen atoms in total. The average molecular weight is 199 g/mol. The van der Waals surface area contributed by atoms with E-state index in [1.807, 2.05) is 0 Å². The summed E-state index contributed by atoms with van der Waals surface area (Å²) >= 11 is 0. The second-order valence-electron chi connectivity index (χ2n) is 3.54. The number of nitrogens with zero attached hydrogens (tertiary/aromatic N) is 1. The smallest absolute Gasteiger partial charge is 0.204 e. The van der Waals surface area contributed by atoms with Gasteiger partial charge in [0.2, 0.25) is 6.54 Å². The van der Waals surface area contributed by atoms with Crippen molar-refractivity contribution in [2.45, 2.75) is 32.1 Å². The van der Waals surface area contributed by atoms with Gasteiger partial charge in [-0.2, -0.15) is 0 Å². The van der Waals surface area contributed by atoms with Gasteiger partial charge in [0.25, 0.3) is 0 Å². The lowest BCUT2D eigenvalue weighted by atomic mass is 9.98. The van der Waals surface area contributed by atoms with E-state index in [1.54, 1.807) is 0 Å². The Morgan fingerprint density at radius 3 is 2.79 bits per heavy atom. The molecule has 0 N–H and O–H groups in total. The monoisotopic (exact) mass is 199 g/mol. The second kappa shape index (κ2) is 4.83. The van der Waals surface area contributed by atoms with E-state index < -0.39 is 10.8 Å². The van der Waals surface area contributed by atoms with Crippen molar-refractivity contribution in [3.63, 3.8) is 0 Å². The molecule has 14 heavy (non-hydrogen) atoms.